The van der Waals surface area contributed by atoms with Crippen LogP contribution in [0.1, 0.15) is 23.3 Å². The van der Waals surface area contributed by atoms with Gasteiger partial charge in [0, 0.05) is 23.5 Å². The molecule has 1 saturated heterocycles. The van der Waals surface area contributed by atoms with Crippen LogP contribution in [-0.4, -0.2) is 25.2 Å². The molecule has 3 aromatic rings. The van der Waals surface area contributed by atoms with Crippen LogP contribution < -0.4 is 9.64 Å². The number of hydrogen-bond donors (Lipinski definition) is 0. The SMILES string of the molecule is COc1ccc(-c2cc(N3CCCC3)c3sc(C)cc3n2)cc1C. The summed E-state index contributed by atoms with van der Waals surface area (Å²) < 4.78 is 6.71. The van der Waals surface area contributed by atoms with Crippen LogP contribution in [0.25, 0.3) is 21.5 Å². The molecule has 4 heteroatoms. The second-order valence-corrected chi connectivity index (χ2v) is 7.73. The number of aromatic nitrogens is 1. The minimum atomic E-state index is 0.922. The molecule has 1 aliphatic heterocycles. The van der Waals surface area contributed by atoms with E-state index in [1.807, 2.05) is 17.4 Å². The number of aryl methyl sites for hydroxylation is 2. The summed E-state index contributed by atoms with van der Waals surface area (Å²) in [6.07, 6.45) is 2.57. The fourth-order valence-electron chi connectivity index (χ4n) is 3.50. The van der Waals surface area contributed by atoms with E-state index in [9.17, 15) is 0 Å². The standard InChI is InChI=1S/C20H22N2OS/c1-13-10-15(6-7-19(13)23-3)16-12-18(22-8-4-5-9-22)20-17(21-16)11-14(2)24-20/h6-7,10-12H,4-5,8-9H2,1-3H3. The van der Waals surface area contributed by atoms with Crippen LogP contribution in [0.5, 0.6) is 5.75 Å². The number of thiophene rings is 1. The first-order chi connectivity index (χ1) is 11.7. The fourth-order valence-corrected chi connectivity index (χ4v) is 4.50. The average molecular weight is 338 g/mol. The van der Waals surface area contributed by atoms with Gasteiger partial charge in [0.05, 0.1) is 28.7 Å². The molecule has 0 radical (unpaired) electrons. The van der Waals surface area contributed by atoms with Gasteiger partial charge in [0.1, 0.15) is 5.75 Å². The van der Waals surface area contributed by atoms with Crippen LogP contribution in [0.15, 0.2) is 30.3 Å². The zero-order valence-corrected chi connectivity index (χ0v) is 15.2. The Labute approximate surface area is 146 Å². The Kier molecular flexibility index (Phi) is 3.93. The maximum atomic E-state index is 5.39. The summed E-state index contributed by atoms with van der Waals surface area (Å²) in [5.74, 6) is 0.922. The quantitative estimate of drug-likeness (QED) is 0.657. The maximum Gasteiger partial charge on any atom is 0.121 e. The summed E-state index contributed by atoms with van der Waals surface area (Å²) in [6.45, 7) is 6.54. The summed E-state index contributed by atoms with van der Waals surface area (Å²) in [4.78, 5) is 8.77. The van der Waals surface area contributed by atoms with E-state index < -0.39 is 0 Å². The van der Waals surface area contributed by atoms with E-state index in [4.69, 9.17) is 9.72 Å². The zero-order chi connectivity index (χ0) is 16.7. The van der Waals surface area contributed by atoms with E-state index in [1.165, 1.54) is 28.1 Å². The van der Waals surface area contributed by atoms with Gasteiger partial charge in [-0.05, 0) is 62.6 Å². The van der Waals surface area contributed by atoms with Crippen molar-refractivity contribution in [3.63, 3.8) is 0 Å². The van der Waals surface area contributed by atoms with Crippen molar-refractivity contribution in [2.75, 3.05) is 25.1 Å². The van der Waals surface area contributed by atoms with Gasteiger partial charge in [-0.1, -0.05) is 0 Å². The summed E-state index contributed by atoms with van der Waals surface area (Å²) in [5.41, 5.74) is 5.80. The molecule has 0 bridgehead atoms. The second kappa shape index (κ2) is 6.10. The molecule has 3 nitrogen and oxygen atoms in total. The first-order valence-electron chi connectivity index (χ1n) is 8.47. The van der Waals surface area contributed by atoms with Gasteiger partial charge in [-0.25, -0.2) is 4.98 Å². The fraction of sp³-hybridized carbons (Fsp3) is 0.350. The number of pyridine rings is 1. The van der Waals surface area contributed by atoms with Gasteiger partial charge in [0.2, 0.25) is 0 Å². The first kappa shape index (κ1) is 15.5. The van der Waals surface area contributed by atoms with E-state index in [1.54, 1.807) is 7.11 Å². The van der Waals surface area contributed by atoms with Crippen molar-refractivity contribution in [3.05, 3.63) is 40.8 Å². The van der Waals surface area contributed by atoms with E-state index in [-0.39, 0.29) is 0 Å². The summed E-state index contributed by atoms with van der Waals surface area (Å²) in [6, 6.07) is 10.8. The van der Waals surface area contributed by atoms with Crippen molar-refractivity contribution < 1.29 is 4.74 Å². The van der Waals surface area contributed by atoms with Gasteiger partial charge in [-0.15, -0.1) is 11.3 Å². The van der Waals surface area contributed by atoms with Gasteiger partial charge in [0.15, 0.2) is 0 Å². The maximum absolute atomic E-state index is 5.39. The number of hydrogen-bond acceptors (Lipinski definition) is 4. The molecule has 0 aliphatic carbocycles. The zero-order valence-electron chi connectivity index (χ0n) is 14.4. The lowest BCUT2D eigenvalue weighted by Gasteiger charge is -2.19. The molecule has 1 aliphatic rings. The monoisotopic (exact) mass is 338 g/mol. The molecule has 4 rings (SSSR count). The molecule has 1 fully saturated rings. The van der Waals surface area contributed by atoms with Crippen molar-refractivity contribution in [1.29, 1.82) is 0 Å². The van der Waals surface area contributed by atoms with Crippen LogP contribution in [0.4, 0.5) is 5.69 Å². The van der Waals surface area contributed by atoms with E-state index in [0.717, 1.165) is 41.2 Å². The second-order valence-electron chi connectivity index (χ2n) is 6.48. The molecule has 124 valence electrons. The third-order valence-electron chi connectivity index (χ3n) is 4.72. The highest BCUT2D eigenvalue weighted by atomic mass is 32.1. The van der Waals surface area contributed by atoms with Crippen molar-refractivity contribution in [3.8, 4) is 17.0 Å². The molecule has 0 N–H and O–H groups in total. The lowest BCUT2D eigenvalue weighted by atomic mass is 10.1. The minimum absolute atomic E-state index is 0.922. The van der Waals surface area contributed by atoms with Crippen LogP contribution in [0, 0.1) is 13.8 Å². The Morgan fingerprint density at radius 3 is 2.58 bits per heavy atom. The highest BCUT2D eigenvalue weighted by molar-refractivity contribution is 7.19. The molecule has 0 unspecified atom stereocenters. The molecule has 0 saturated carbocycles. The van der Waals surface area contributed by atoms with Crippen LogP contribution in [0.2, 0.25) is 0 Å². The smallest absolute Gasteiger partial charge is 0.121 e. The van der Waals surface area contributed by atoms with Crippen LogP contribution in [0.3, 0.4) is 0 Å². The van der Waals surface area contributed by atoms with Crippen molar-refractivity contribution in [2.24, 2.45) is 0 Å². The molecule has 1 aromatic carbocycles. The Morgan fingerprint density at radius 2 is 1.88 bits per heavy atom. The molecule has 24 heavy (non-hydrogen) atoms. The van der Waals surface area contributed by atoms with Gasteiger partial charge in [-0.2, -0.15) is 0 Å². The molecule has 3 heterocycles. The summed E-state index contributed by atoms with van der Waals surface area (Å²) >= 11 is 1.85. The molecule has 0 amide bonds. The van der Waals surface area contributed by atoms with Gasteiger partial charge in [0.25, 0.3) is 0 Å². The average Bonchev–Trinajstić information content (AvgIpc) is 3.22. The largest absolute Gasteiger partial charge is 0.496 e. The van der Waals surface area contributed by atoms with Gasteiger partial charge >= 0.3 is 0 Å². The lowest BCUT2D eigenvalue weighted by molar-refractivity contribution is 0.412. The molecular formula is C20H22N2OS. The first-order valence-corrected chi connectivity index (χ1v) is 9.28. The van der Waals surface area contributed by atoms with E-state index in [2.05, 4.69) is 43.0 Å². The van der Waals surface area contributed by atoms with Crippen molar-refractivity contribution >= 4 is 27.2 Å². The highest BCUT2D eigenvalue weighted by Gasteiger charge is 2.18. The topological polar surface area (TPSA) is 25.4 Å². The number of nitrogens with zero attached hydrogens (tertiary/aromatic N) is 2. The number of fused-ring (bicyclic) bond motifs is 1. The summed E-state index contributed by atoms with van der Waals surface area (Å²) in [5, 5.41) is 0. The Morgan fingerprint density at radius 1 is 1.08 bits per heavy atom. The molecule has 2 aromatic heterocycles. The number of ether oxygens (including phenoxy) is 1. The number of benzene rings is 1. The third-order valence-corrected chi connectivity index (χ3v) is 5.78. The van der Waals surface area contributed by atoms with Crippen LogP contribution in [-0.2, 0) is 0 Å². The van der Waals surface area contributed by atoms with E-state index >= 15 is 0 Å². The number of methoxy groups -OCH3 is 1. The Bertz CT molecular complexity index is 894. The van der Waals surface area contributed by atoms with Crippen molar-refractivity contribution in [2.45, 2.75) is 26.7 Å². The predicted molar refractivity (Wildman–Crippen MR) is 103 cm³/mol. The number of anilines is 1. The van der Waals surface area contributed by atoms with E-state index in [0.29, 0.717) is 0 Å². The Balaban J connectivity index is 1.87. The Hall–Kier alpha value is -2.07. The normalized spacial score (nSPS) is 14.5. The minimum Gasteiger partial charge on any atom is -0.496 e. The highest BCUT2D eigenvalue weighted by Crippen LogP contribution is 2.38. The molecule has 0 atom stereocenters. The van der Waals surface area contributed by atoms with Crippen LogP contribution >= 0.6 is 11.3 Å². The number of rotatable bonds is 3. The van der Waals surface area contributed by atoms with Gasteiger partial charge in [-0.3, -0.25) is 0 Å². The van der Waals surface area contributed by atoms with Crippen molar-refractivity contribution in [1.82, 2.24) is 4.98 Å². The summed E-state index contributed by atoms with van der Waals surface area (Å²) in [7, 11) is 1.71. The van der Waals surface area contributed by atoms with Gasteiger partial charge < -0.3 is 9.64 Å². The predicted octanol–water partition coefficient (Wildman–Crippen LogP) is 5.19. The third kappa shape index (κ3) is 2.65. The lowest BCUT2D eigenvalue weighted by Crippen LogP contribution is -2.17. The molecular weight excluding hydrogens is 316 g/mol. The molecule has 0 spiro atoms.